The molecule has 9 heteroatoms. The maximum atomic E-state index is 12.5. The van der Waals surface area contributed by atoms with Gasteiger partial charge in [-0.25, -0.2) is 0 Å². The minimum atomic E-state index is -4.43. The van der Waals surface area contributed by atoms with Gasteiger partial charge in [0.25, 0.3) is 0 Å². The van der Waals surface area contributed by atoms with E-state index in [0.29, 0.717) is 31.5 Å². The Morgan fingerprint density at radius 3 is 2.19 bits per heavy atom. The number of carboxylic acid groups (broad SMARTS) is 1. The number of hydrogen-bond donors (Lipinski definition) is 1. The largest absolute Gasteiger partial charge is 0.481 e. The number of alkyl halides is 3. The lowest BCUT2D eigenvalue weighted by atomic mass is 9.97. The lowest BCUT2D eigenvalue weighted by Crippen LogP contribution is -2.45. The lowest BCUT2D eigenvalue weighted by molar-refractivity contribution is -0.146. The van der Waals surface area contributed by atoms with Gasteiger partial charge in [-0.15, -0.1) is 0 Å². The molecule has 1 heterocycles. The van der Waals surface area contributed by atoms with Crippen LogP contribution in [0.15, 0.2) is 24.3 Å². The zero-order chi connectivity index (χ0) is 20.2. The summed E-state index contributed by atoms with van der Waals surface area (Å²) in [7, 11) is 1.45. The van der Waals surface area contributed by atoms with Crippen LogP contribution >= 0.6 is 0 Å². The van der Waals surface area contributed by atoms with Crippen molar-refractivity contribution in [3.63, 3.8) is 0 Å². The number of carbonyl (C=O) groups excluding carboxylic acids is 2. The highest BCUT2D eigenvalue weighted by atomic mass is 19.4. The Morgan fingerprint density at radius 1 is 1.15 bits per heavy atom. The second-order valence-corrected chi connectivity index (χ2v) is 6.61. The Bertz CT molecular complexity index is 696. The second-order valence-electron chi connectivity index (χ2n) is 6.61. The molecule has 0 unspecified atom stereocenters. The van der Waals surface area contributed by atoms with E-state index < -0.39 is 23.6 Å². The molecule has 6 nitrogen and oxygen atoms in total. The van der Waals surface area contributed by atoms with Crippen LogP contribution in [-0.4, -0.2) is 59.4 Å². The fourth-order valence-electron chi connectivity index (χ4n) is 2.89. The van der Waals surface area contributed by atoms with E-state index in [4.69, 9.17) is 5.11 Å². The van der Waals surface area contributed by atoms with Crippen molar-refractivity contribution < 1.29 is 32.7 Å². The first-order valence-electron chi connectivity index (χ1n) is 8.48. The number of likely N-dealkylation sites (tertiary alicyclic amines) is 1. The molecular weight excluding hydrogens is 365 g/mol. The third-order valence-electron chi connectivity index (χ3n) is 4.63. The van der Waals surface area contributed by atoms with Crippen LogP contribution in [0.3, 0.4) is 0 Å². The molecule has 1 fully saturated rings. The van der Waals surface area contributed by atoms with Gasteiger partial charge in [0, 0.05) is 20.1 Å². The summed E-state index contributed by atoms with van der Waals surface area (Å²) >= 11 is 0. The number of nitrogens with zero attached hydrogens (tertiary/aromatic N) is 2. The van der Waals surface area contributed by atoms with E-state index >= 15 is 0 Å². The monoisotopic (exact) mass is 386 g/mol. The number of likely N-dealkylation sites (N-methyl/N-ethyl adjacent to an activating group) is 1. The Labute approximate surface area is 154 Å². The van der Waals surface area contributed by atoms with Crippen LogP contribution in [-0.2, 0) is 27.0 Å². The Kier molecular flexibility index (Phi) is 6.45. The van der Waals surface area contributed by atoms with Gasteiger partial charge in [-0.05, 0) is 30.5 Å². The summed E-state index contributed by atoms with van der Waals surface area (Å²) < 4.78 is 37.6. The van der Waals surface area contributed by atoms with E-state index in [1.54, 1.807) is 0 Å². The average molecular weight is 386 g/mol. The van der Waals surface area contributed by atoms with Gasteiger partial charge in [0.1, 0.15) is 0 Å². The number of carbonyl (C=O) groups is 3. The maximum Gasteiger partial charge on any atom is 0.416 e. The molecule has 0 atom stereocenters. The molecule has 0 saturated carbocycles. The van der Waals surface area contributed by atoms with Crippen molar-refractivity contribution in [1.82, 2.24) is 9.80 Å². The number of halogens is 3. The molecule has 1 aromatic carbocycles. The number of carboxylic acids is 1. The van der Waals surface area contributed by atoms with Crippen LogP contribution in [0.2, 0.25) is 0 Å². The van der Waals surface area contributed by atoms with E-state index in [-0.39, 0.29) is 24.8 Å². The number of rotatable bonds is 5. The first-order chi connectivity index (χ1) is 12.6. The standard InChI is InChI=1S/C18H21F3N2O4/c1-22(11-16(25)23-8-6-13(7-9-23)17(26)27)15(24)10-12-2-4-14(5-3-12)18(19,20)21/h2-5,13H,6-11H2,1H3,(H,26,27). The highest BCUT2D eigenvalue weighted by molar-refractivity contribution is 5.85. The number of aliphatic carboxylic acids is 1. The number of piperidine rings is 1. The molecule has 1 N–H and O–H groups in total. The fraction of sp³-hybridized carbons (Fsp3) is 0.500. The van der Waals surface area contributed by atoms with Gasteiger partial charge in [0.2, 0.25) is 11.8 Å². The highest BCUT2D eigenvalue weighted by Gasteiger charge is 2.30. The first-order valence-corrected chi connectivity index (χ1v) is 8.48. The molecule has 148 valence electrons. The molecule has 2 amide bonds. The van der Waals surface area contributed by atoms with Gasteiger partial charge in [0.15, 0.2) is 0 Å². The van der Waals surface area contributed by atoms with Crippen LogP contribution in [0.1, 0.15) is 24.0 Å². The van der Waals surface area contributed by atoms with Gasteiger partial charge in [-0.2, -0.15) is 13.2 Å². The summed E-state index contributed by atoms with van der Waals surface area (Å²) in [4.78, 5) is 38.1. The van der Waals surface area contributed by atoms with Gasteiger partial charge in [-0.3, -0.25) is 14.4 Å². The van der Waals surface area contributed by atoms with Gasteiger partial charge in [-0.1, -0.05) is 12.1 Å². The van der Waals surface area contributed by atoms with E-state index in [1.807, 2.05) is 0 Å². The summed E-state index contributed by atoms with van der Waals surface area (Å²) in [5.41, 5.74) is -0.360. The van der Waals surface area contributed by atoms with Crippen LogP contribution < -0.4 is 0 Å². The third-order valence-corrected chi connectivity index (χ3v) is 4.63. The van der Waals surface area contributed by atoms with Crippen LogP contribution in [0.25, 0.3) is 0 Å². The summed E-state index contributed by atoms with van der Waals surface area (Å²) in [5.74, 6) is -1.98. The summed E-state index contributed by atoms with van der Waals surface area (Å²) in [6, 6.07) is 4.32. The molecule has 0 bridgehead atoms. The zero-order valence-electron chi connectivity index (χ0n) is 14.8. The van der Waals surface area contributed by atoms with Gasteiger partial charge in [0.05, 0.1) is 24.4 Å². The SMILES string of the molecule is CN(CC(=O)N1CCC(C(=O)O)CC1)C(=O)Cc1ccc(C(F)(F)F)cc1. The molecule has 27 heavy (non-hydrogen) atoms. The van der Waals surface area contributed by atoms with Crippen molar-refractivity contribution in [3.8, 4) is 0 Å². The van der Waals surface area contributed by atoms with Crippen LogP contribution in [0, 0.1) is 5.92 Å². The van der Waals surface area contributed by atoms with E-state index in [2.05, 4.69) is 0 Å². The zero-order valence-corrected chi connectivity index (χ0v) is 14.8. The molecule has 1 saturated heterocycles. The van der Waals surface area contributed by atoms with Crippen molar-refractivity contribution in [1.29, 1.82) is 0 Å². The van der Waals surface area contributed by atoms with E-state index in [1.165, 1.54) is 29.0 Å². The second kappa shape index (κ2) is 8.41. The quantitative estimate of drug-likeness (QED) is 0.840. The van der Waals surface area contributed by atoms with Gasteiger partial charge >= 0.3 is 12.1 Å². The predicted octanol–water partition coefficient (Wildman–Crippen LogP) is 2.03. The van der Waals surface area contributed by atoms with Gasteiger partial charge < -0.3 is 14.9 Å². The number of benzene rings is 1. The van der Waals surface area contributed by atoms with Crippen LogP contribution in [0.4, 0.5) is 13.2 Å². The van der Waals surface area contributed by atoms with Crippen molar-refractivity contribution in [2.75, 3.05) is 26.7 Å². The summed E-state index contributed by atoms with van der Waals surface area (Å²) in [6.45, 7) is 0.505. The molecule has 0 aromatic heterocycles. The minimum absolute atomic E-state index is 0.108. The van der Waals surface area contributed by atoms with Crippen molar-refractivity contribution in [2.45, 2.75) is 25.4 Å². The minimum Gasteiger partial charge on any atom is -0.481 e. The number of amides is 2. The smallest absolute Gasteiger partial charge is 0.416 e. The van der Waals surface area contributed by atoms with Crippen LogP contribution in [0.5, 0.6) is 0 Å². The molecule has 0 aliphatic carbocycles. The molecule has 2 rings (SSSR count). The van der Waals surface area contributed by atoms with E-state index in [0.717, 1.165) is 12.1 Å². The molecule has 1 aliphatic rings. The summed E-state index contributed by atoms with van der Waals surface area (Å²) in [5, 5.41) is 8.96. The Morgan fingerprint density at radius 2 is 1.70 bits per heavy atom. The van der Waals surface area contributed by atoms with E-state index in [9.17, 15) is 27.6 Å². The number of hydrogen-bond acceptors (Lipinski definition) is 3. The Hall–Kier alpha value is -2.58. The first kappa shape index (κ1) is 20.7. The topological polar surface area (TPSA) is 77.9 Å². The Balaban J connectivity index is 1.85. The third kappa shape index (κ3) is 5.70. The fourth-order valence-corrected chi connectivity index (χ4v) is 2.89. The average Bonchev–Trinajstić information content (AvgIpc) is 2.61. The molecule has 1 aliphatic heterocycles. The normalized spacial score (nSPS) is 15.5. The van der Waals surface area contributed by atoms with Crippen molar-refractivity contribution in [2.24, 2.45) is 5.92 Å². The summed E-state index contributed by atoms with van der Waals surface area (Å²) in [6.07, 6.45) is -3.78. The molecule has 1 aromatic rings. The molecule has 0 spiro atoms. The van der Waals surface area contributed by atoms with Crippen molar-refractivity contribution >= 4 is 17.8 Å². The maximum absolute atomic E-state index is 12.5. The highest BCUT2D eigenvalue weighted by Crippen LogP contribution is 2.29. The predicted molar refractivity (Wildman–Crippen MR) is 89.7 cm³/mol. The lowest BCUT2D eigenvalue weighted by Gasteiger charge is -2.31. The van der Waals surface area contributed by atoms with Crippen molar-refractivity contribution in [3.05, 3.63) is 35.4 Å². The molecule has 0 radical (unpaired) electrons. The molecular formula is C18H21F3N2O4.